The van der Waals surface area contributed by atoms with Crippen LogP contribution in [0.1, 0.15) is 19.8 Å². The van der Waals surface area contributed by atoms with Gasteiger partial charge in [-0.1, -0.05) is 0 Å². The average molecular weight is 214 g/mol. The van der Waals surface area contributed by atoms with Gasteiger partial charge in [0.15, 0.2) is 0 Å². The summed E-state index contributed by atoms with van der Waals surface area (Å²) in [6.45, 7) is 3.33. The van der Waals surface area contributed by atoms with Gasteiger partial charge in [-0.25, -0.2) is 0 Å². The van der Waals surface area contributed by atoms with Gasteiger partial charge >= 0.3 is 5.97 Å². The second-order valence-corrected chi connectivity index (χ2v) is 3.64. The van der Waals surface area contributed by atoms with Gasteiger partial charge < -0.3 is 15.4 Å². The van der Waals surface area contributed by atoms with Crippen molar-refractivity contribution in [2.24, 2.45) is 11.7 Å². The Bertz CT molecular complexity index is 243. The fraction of sp³-hybridized carbons (Fsp3) is 0.800. The molecule has 1 unspecified atom stereocenters. The molecule has 5 nitrogen and oxygen atoms in total. The molecule has 1 saturated heterocycles. The maximum absolute atomic E-state index is 11.5. The fourth-order valence-corrected chi connectivity index (χ4v) is 1.79. The first-order chi connectivity index (χ1) is 7.19. The van der Waals surface area contributed by atoms with Crippen LogP contribution in [0, 0.1) is 5.92 Å². The number of nitrogens with two attached hydrogens (primary N) is 1. The Labute approximate surface area is 89.6 Å². The van der Waals surface area contributed by atoms with Gasteiger partial charge in [0.25, 0.3) is 0 Å². The van der Waals surface area contributed by atoms with Gasteiger partial charge in [-0.3, -0.25) is 9.59 Å². The number of carbonyl (C=O) groups is 2. The third-order valence-corrected chi connectivity index (χ3v) is 2.57. The van der Waals surface area contributed by atoms with E-state index in [4.69, 9.17) is 10.5 Å². The van der Waals surface area contributed by atoms with Crippen molar-refractivity contribution in [3.05, 3.63) is 0 Å². The summed E-state index contributed by atoms with van der Waals surface area (Å²) >= 11 is 0. The Morgan fingerprint density at radius 3 is 2.87 bits per heavy atom. The molecule has 0 aromatic heterocycles. The molecular weight excluding hydrogens is 196 g/mol. The van der Waals surface area contributed by atoms with E-state index in [9.17, 15) is 9.59 Å². The predicted octanol–water partition coefficient (Wildman–Crippen LogP) is -0.253. The number of ether oxygens (including phenoxy) is 1. The Morgan fingerprint density at radius 2 is 2.27 bits per heavy atom. The molecule has 1 rings (SSSR count). The molecule has 0 radical (unpaired) electrons. The van der Waals surface area contributed by atoms with Gasteiger partial charge in [0.1, 0.15) is 0 Å². The highest BCUT2D eigenvalue weighted by Gasteiger charge is 2.28. The lowest BCUT2D eigenvalue weighted by Gasteiger charge is -2.31. The molecule has 1 aliphatic rings. The molecule has 0 aliphatic carbocycles. The lowest BCUT2D eigenvalue weighted by Crippen LogP contribution is -2.45. The number of hydrogen-bond donors (Lipinski definition) is 1. The molecule has 5 heteroatoms. The zero-order chi connectivity index (χ0) is 11.3. The van der Waals surface area contributed by atoms with Crippen LogP contribution in [0.15, 0.2) is 0 Å². The lowest BCUT2D eigenvalue weighted by atomic mass is 9.98. The van der Waals surface area contributed by atoms with E-state index in [1.54, 1.807) is 11.8 Å². The number of likely N-dealkylation sites (tertiary alicyclic amines) is 1. The van der Waals surface area contributed by atoms with Crippen molar-refractivity contribution in [3.63, 3.8) is 0 Å². The molecule has 86 valence electrons. The summed E-state index contributed by atoms with van der Waals surface area (Å²) < 4.78 is 4.93. The first-order valence-electron chi connectivity index (χ1n) is 5.33. The Balaban J connectivity index is 2.48. The highest BCUT2D eigenvalue weighted by molar-refractivity contribution is 5.79. The SMILES string of the molecule is CCOC(=O)C1CCCN(C(=O)CN)C1. The highest BCUT2D eigenvalue weighted by Crippen LogP contribution is 2.17. The summed E-state index contributed by atoms with van der Waals surface area (Å²) in [7, 11) is 0. The van der Waals surface area contributed by atoms with Crippen LogP contribution in [0.4, 0.5) is 0 Å². The van der Waals surface area contributed by atoms with E-state index in [1.807, 2.05) is 0 Å². The Morgan fingerprint density at radius 1 is 1.53 bits per heavy atom. The minimum Gasteiger partial charge on any atom is -0.466 e. The first kappa shape index (κ1) is 12.0. The van der Waals surface area contributed by atoms with Crippen LogP contribution >= 0.6 is 0 Å². The summed E-state index contributed by atoms with van der Waals surface area (Å²) in [5.41, 5.74) is 5.28. The number of amides is 1. The molecule has 1 amide bonds. The molecule has 0 aromatic rings. The summed E-state index contributed by atoms with van der Waals surface area (Å²) in [5.74, 6) is -0.467. The lowest BCUT2D eigenvalue weighted by molar-refractivity contribution is -0.151. The van der Waals surface area contributed by atoms with Crippen molar-refractivity contribution in [3.8, 4) is 0 Å². The molecule has 15 heavy (non-hydrogen) atoms. The number of carbonyl (C=O) groups excluding carboxylic acids is 2. The van der Waals surface area contributed by atoms with Crippen LogP contribution in [-0.2, 0) is 14.3 Å². The van der Waals surface area contributed by atoms with Crippen molar-refractivity contribution in [2.75, 3.05) is 26.2 Å². The Hall–Kier alpha value is -1.10. The van der Waals surface area contributed by atoms with Crippen molar-refractivity contribution in [1.29, 1.82) is 0 Å². The van der Waals surface area contributed by atoms with Crippen LogP contribution < -0.4 is 5.73 Å². The zero-order valence-electron chi connectivity index (χ0n) is 9.07. The molecule has 0 spiro atoms. The summed E-state index contributed by atoms with van der Waals surface area (Å²) in [6, 6.07) is 0. The van der Waals surface area contributed by atoms with Crippen molar-refractivity contribution >= 4 is 11.9 Å². The normalized spacial score (nSPS) is 21.2. The number of esters is 1. The topological polar surface area (TPSA) is 72.6 Å². The quantitative estimate of drug-likeness (QED) is 0.657. The van der Waals surface area contributed by atoms with Crippen LogP contribution in [0.25, 0.3) is 0 Å². The van der Waals surface area contributed by atoms with Crippen LogP contribution in [0.3, 0.4) is 0 Å². The molecular formula is C10H18N2O3. The van der Waals surface area contributed by atoms with E-state index in [1.165, 1.54) is 0 Å². The maximum Gasteiger partial charge on any atom is 0.310 e. The van der Waals surface area contributed by atoms with E-state index in [-0.39, 0.29) is 24.3 Å². The van der Waals surface area contributed by atoms with Gasteiger partial charge in [-0.15, -0.1) is 0 Å². The average Bonchev–Trinajstić information content (AvgIpc) is 2.28. The van der Waals surface area contributed by atoms with Gasteiger partial charge in [0, 0.05) is 13.1 Å². The summed E-state index contributed by atoms with van der Waals surface area (Å²) in [4.78, 5) is 24.4. The molecule has 0 aromatic carbocycles. The van der Waals surface area contributed by atoms with Crippen molar-refractivity contribution in [1.82, 2.24) is 4.90 Å². The third-order valence-electron chi connectivity index (χ3n) is 2.57. The molecule has 1 aliphatic heterocycles. The number of rotatable bonds is 3. The van der Waals surface area contributed by atoms with Crippen LogP contribution in [-0.4, -0.2) is 43.0 Å². The van der Waals surface area contributed by atoms with E-state index >= 15 is 0 Å². The van der Waals surface area contributed by atoms with E-state index in [0.717, 1.165) is 12.8 Å². The molecule has 1 fully saturated rings. The number of hydrogen-bond acceptors (Lipinski definition) is 4. The third kappa shape index (κ3) is 3.20. The second kappa shape index (κ2) is 5.70. The predicted molar refractivity (Wildman–Crippen MR) is 55.0 cm³/mol. The van der Waals surface area contributed by atoms with E-state index in [2.05, 4.69) is 0 Å². The summed E-state index contributed by atoms with van der Waals surface area (Å²) in [6.07, 6.45) is 1.64. The Kier molecular flexibility index (Phi) is 4.55. The summed E-state index contributed by atoms with van der Waals surface area (Å²) in [5, 5.41) is 0. The number of nitrogens with zero attached hydrogens (tertiary/aromatic N) is 1. The molecule has 2 N–H and O–H groups in total. The largest absolute Gasteiger partial charge is 0.466 e. The zero-order valence-corrected chi connectivity index (χ0v) is 9.07. The number of piperidine rings is 1. The van der Waals surface area contributed by atoms with Crippen molar-refractivity contribution in [2.45, 2.75) is 19.8 Å². The molecule has 1 heterocycles. The van der Waals surface area contributed by atoms with Crippen LogP contribution in [0.5, 0.6) is 0 Å². The minimum atomic E-state index is -0.202. The van der Waals surface area contributed by atoms with Gasteiger partial charge in [-0.05, 0) is 19.8 Å². The maximum atomic E-state index is 11.5. The molecule has 1 atom stereocenters. The van der Waals surface area contributed by atoms with Crippen molar-refractivity contribution < 1.29 is 14.3 Å². The second-order valence-electron chi connectivity index (χ2n) is 3.64. The van der Waals surface area contributed by atoms with Gasteiger partial charge in [0.2, 0.25) is 5.91 Å². The molecule has 0 saturated carbocycles. The standard InChI is InChI=1S/C10H18N2O3/c1-2-15-10(14)8-4-3-5-12(7-8)9(13)6-11/h8H,2-7,11H2,1H3. The first-order valence-corrected chi connectivity index (χ1v) is 5.33. The monoisotopic (exact) mass is 214 g/mol. The smallest absolute Gasteiger partial charge is 0.310 e. The van der Waals surface area contributed by atoms with Crippen LogP contribution in [0.2, 0.25) is 0 Å². The fourth-order valence-electron chi connectivity index (χ4n) is 1.79. The van der Waals surface area contributed by atoms with Gasteiger partial charge in [0.05, 0.1) is 19.1 Å². The highest BCUT2D eigenvalue weighted by atomic mass is 16.5. The van der Waals surface area contributed by atoms with E-state index < -0.39 is 0 Å². The minimum absolute atomic E-state index is 0.00947. The van der Waals surface area contributed by atoms with E-state index in [0.29, 0.717) is 19.7 Å². The molecule has 0 bridgehead atoms. The van der Waals surface area contributed by atoms with Gasteiger partial charge in [-0.2, -0.15) is 0 Å².